The first-order chi connectivity index (χ1) is 8.30. The molecule has 1 aromatic carbocycles. The number of carbonyl (C=O) groups is 1. The summed E-state index contributed by atoms with van der Waals surface area (Å²) in [5.41, 5.74) is 0.348. The largest absolute Gasteiger partial charge is 0.395 e. The van der Waals surface area contributed by atoms with Crippen molar-refractivity contribution in [1.82, 2.24) is 4.31 Å². The highest BCUT2D eigenvalue weighted by molar-refractivity contribution is 7.89. The summed E-state index contributed by atoms with van der Waals surface area (Å²) in [7, 11) is -2.29. The van der Waals surface area contributed by atoms with Crippen molar-refractivity contribution in [3.8, 4) is 0 Å². The molecule has 0 fully saturated rings. The maximum Gasteiger partial charge on any atom is 0.243 e. The lowest BCUT2D eigenvalue weighted by atomic mass is 10.2. The van der Waals surface area contributed by atoms with Crippen molar-refractivity contribution < 1.29 is 18.3 Å². The lowest BCUT2D eigenvalue weighted by Gasteiger charge is -2.22. The third-order valence-corrected chi connectivity index (χ3v) is 4.77. The van der Waals surface area contributed by atoms with E-state index in [1.807, 2.05) is 0 Å². The molecule has 5 nitrogen and oxygen atoms in total. The second kappa shape index (κ2) is 5.60. The molecule has 0 aromatic heterocycles. The van der Waals surface area contributed by atoms with E-state index in [-0.39, 0.29) is 17.3 Å². The van der Waals surface area contributed by atoms with Gasteiger partial charge in [-0.15, -0.1) is 0 Å². The molecule has 1 atom stereocenters. The van der Waals surface area contributed by atoms with Crippen LogP contribution in [-0.4, -0.2) is 43.3 Å². The van der Waals surface area contributed by atoms with Crippen LogP contribution in [0.15, 0.2) is 29.2 Å². The molecule has 1 rings (SSSR count). The number of likely N-dealkylation sites (N-methyl/N-ethyl adjacent to an activating group) is 1. The number of Topliss-reactive ketones (excluding diaryl/α,β-unsaturated/α-hetero) is 1. The lowest BCUT2D eigenvalue weighted by Crippen LogP contribution is -2.37. The zero-order chi connectivity index (χ0) is 13.9. The Morgan fingerprint density at radius 3 is 2.56 bits per heavy atom. The normalized spacial score (nSPS) is 13.6. The van der Waals surface area contributed by atoms with E-state index in [4.69, 9.17) is 5.11 Å². The van der Waals surface area contributed by atoms with Crippen molar-refractivity contribution in [2.45, 2.75) is 24.8 Å². The number of nitrogens with zero attached hydrogens (tertiary/aromatic N) is 1. The quantitative estimate of drug-likeness (QED) is 0.807. The van der Waals surface area contributed by atoms with Gasteiger partial charge in [0, 0.05) is 18.7 Å². The van der Waals surface area contributed by atoms with Gasteiger partial charge in [0.15, 0.2) is 5.78 Å². The molecule has 0 bridgehead atoms. The van der Waals surface area contributed by atoms with E-state index < -0.39 is 16.1 Å². The van der Waals surface area contributed by atoms with Gasteiger partial charge in [0.2, 0.25) is 10.0 Å². The highest BCUT2D eigenvalue weighted by Crippen LogP contribution is 2.18. The summed E-state index contributed by atoms with van der Waals surface area (Å²) in [6, 6.07) is 5.36. The van der Waals surface area contributed by atoms with Gasteiger partial charge in [0.05, 0.1) is 11.5 Å². The highest BCUT2D eigenvalue weighted by Gasteiger charge is 2.25. The topological polar surface area (TPSA) is 74.7 Å². The second-order valence-electron chi connectivity index (χ2n) is 4.14. The summed E-state index contributed by atoms with van der Waals surface area (Å²) in [5, 5.41) is 9.00. The molecule has 0 radical (unpaired) electrons. The van der Waals surface area contributed by atoms with Crippen LogP contribution >= 0.6 is 0 Å². The third-order valence-electron chi connectivity index (χ3n) is 2.80. The number of hydrogen-bond donors (Lipinski definition) is 1. The number of benzene rings is 1. The van der Waals surface area contributed by atoms with Crippen molar-refractivity contribution >= 4 is 15.8 Å². The fraction of sp³-hybridized carbons (Fsp3) is 0.417. The summed E-state index contributed by atoms with van der Waals surface area (Å²) in [6.07, 6.45) is 0. The van der Waals surface area contributed by atoms with Gasteiger partial charge in [0.1, 0.15) is 0 Å². The number of aliphatic hydroxyl groups excluding tert-OH is 1. The highest BCUT2D eigenvalue weighted by atomic mass is 32.2. The van der Waals surface area contributed by atoms with E-state index >= 15 is 0 Å². The van der Waals surface area contributed by atoms with E-state index in [1.54, 1.807) is 13.0 Å². The molecule has 1 aromatic rings. The number of aliphatic hydroxyl groups is 1. The molecule has 0 spiro atoms. The summed E-state index contributed by atoms with van der Waals surface area (Å²) in [4.78, 5) is 11.3. The number of hydrogen-bond acceptors (Lipinski definition) is 4. The van der Waals surface area contributed by atoms with Crippen molar-refractivity contribution in [2.75, 3.05) is 13.7 Å². The first kappa shape index (κ1) is 14.8. The Bertz CT molecular complexity index is 539. The Morgan fingerprint density at radius 1 is 1.44 bits per heavy atom. The Morgan fingerprint density at radius 2 is 2.06 bits per heavy atom. The minimum absolute atomic E-state index is 0.0537. The molecule has 0 aliphatic carbocycles. The van der Waals surface area contributed by atoms with Crippen LogP contribution in [-0.2, 0) is 10.0 Å². The van der Waals surface area contributed by atoms with Crippen LogP contribution in [0.1, 0.15) is 24.2 Å². The molecule has 1 N–H and O–H groups in total. The third kappa shape index (κ3) is 2.95. The molecule has 0 saturated carbocycles. The average Bonchev–Trinajstić information content (AvgIpc) is 2.36. The summed E-state index contributed by atoms with van der Waals surface area (Å²) >= 11 is 0. The van der Waals surface area contributed by atoms with E-state index in [1.165, 1.54) is 32.2 Å². The first-order valence-corrected chi connectivity index (χ1v) is 6.94. The van der Waals surface area contributed by atoms with Crippen LogP contribution in [0.3, 0.4) is 0 Å². The molecule has 0 aliphatic heterocycles. The molecule has 18 heavy (non-hydrogen) atoms. The van der Waals surface area contributed by atoms with Gasteiger partial charge in [-0.1, -0.05) is 12.1 Å². The Hall–Kier alpha value is -1.24. The lowest BCUT2D eigenvalue weighted by molar-refractivity contribution is 0.101. The van der Waals surface area contributed by atoms with Gasteiger partial charge < -0.3 is 5.11 Å². The van der Waals surface area contributed by atoms with Crippen LogP contribution in [0.25, 0.3) is 0 Å². The first-order valence-electron chi connectivity index (χ1n) is 5.50. The van der Waals surface area contributed by atoms with E-state index in [9.17, 15) is 13.2 Å². The van der Waals surface area contributed by atoms with Crippen LogP contribution in [0, 0.1) is 0 Å². The van der Waals surface area contributed by atoms with Gasteiger partial charge in [-0.2, -0.15) is 4.31 Å². The molecular weight excluding hydrogens is 254 g/mol. The van der Waals surface area contributed by atoms with Gasteiger partial charge in [-0.05, 0) is 26.0 Å². The van der Waals surface area contributed by atoms with Crippen molar-refractivity contribution in [2.24, 2.45) is 0 Å². The predicted molar refractivity (Wildman–Crippen MR) is 67.9 cm³/mol. The van der Waals surface area contributed by atoms with Gasteiger partial charge in [-0.3, -0.25) is 4.79 Å². The summed E-state index contributed by atoms with van der Waals surface area (Å²) < 4.78 is 25.5. The maximum absolute atomic E-state index is 12.2. The molecule has 0 heterocycles. The van der Waals surface area contributed by atoms with E-state index in [2.05, 4.69) is 0 Å². The van der Waals surface area contributed by atoms with Crippen LogP contribution in [0.5, 0.6) is 0 Å². The van der Waals surface area contributed by atoms with Gasteiger partial charge in [0.25, 0.3) is 0 Å². The monoisotopic (exact) mass is 271 g/mol. The van der Waals surface area contributed by atoms with Crippen molar-refractivity contribution in [3.63, 3.8) is 0 Å². The minimum atomic E-state index is -3.69. The Labute approximate surface area is 107 Å². The Balaban J connectivity index is 3.20. The molecule has 100 valence electrons. The van der Waals surface area contributed by atoms with Crippen molar-refractivity contribution in [1.29, 1.82) is 0 Å². The molecule has 0 amide bonds. The number of ketones is 1. The fourth-order valence-electron chi connectivity index (χ4n) is 1.39. The number of sulfonamides is 1. The number of rotatable bonds is 5. The molecule has 0 aliphatic rings. The maximum atomic E-state index is 12.2. The molecule has 0 saturated heterocycles. The SMILES string of the molecule is CC(=O)c1cccc(S(=O)(=O)N(C)C(C)CO)c1. The molecule has 1 unspecified atom stereocenters. The minimum Gasteiger partial charge on any atom is -0.395 e. The molecular formula is C12H17NO4S. The van der Waals surface area contributed by atoms with Crippen LogP contribution in [0.2, 0.25) is 0 Å². The van der Waals surface area contributed by atoms with Crippen LogP contribution < -0.4 is 0 Å². The smallest absolute Gasteiger partial charge is 0.243 e. The molecule has 6 heteroatoms. The van der Waals surface area contributed by atoms with E-state index in [0.29, 0.717) is 5.56 Å². The zero-order valence-corrected chi connectivity index (χ0v) is 11.4. The predicted octanol–water partition coefficient (Wildman–Crippen LogP) is 0.891. The Kier molecular flexibility index (Phi) is 4.61. The standard InChI is InChI=1S/C12H17NO4S/c1-9(8-14)13(3)18(16,17)12-6-4-5-11(7-12)10(2)15/h4-7,9,14H,8H2,1-3H3. The zero-order valence-electron chi connectivity index (χ0n) is 10.6. The van der Waals surface area contributed by atoms with Crippen LogP contribution in [0.4, 0.5) is 0 Å². The fourth-order valence-corrected chi connectivity index (χ4v) is 2.79. The number of carbonyl (C=O) groups excluding carboxylic acids is 1. The average molecular weight is 271 g/mol. The second-order valence-corrected chi connectivity index (χ2v) is 6.13. The van der Waals surface area contributed by atoms with Gasteiger partial charge >= 0.3 is 0 Å². The summed E-state index contributed by atoms with van der Waals surface area (Å²) in [6.45, 7) is 2.72. The van der Waals surface area contributed by atoms with E-state index in [0.717, 1.165) is 4.31 Å². The van der Waals surface area contributed by atoms with Gasteiger partial charge in [-0.25, -0.2) is 8.42 Å². The summed E-state index contributed by atoms with van der Waals surface area (Å²) in [5.74, 6) is -0.190. The van der Waals surface area contributed by atoms with Crippen molar-refractivity contribution in [3.05, 3.63) is 29.8 Å².